The van der Waals surface area contributed by atoms with Crippen molar-refractivity contribution in [2.45, 2.75) is 6.42 Å². The molecule has 1 aromatic carbocycles. The number of nitrogens with zero attached hydrogens (tertiary/aromatic N) is 2. The number of hydrogen-bond donors (Lipinski definition) is 3. The zero-order valence-electron chi connectivity index (χ0n) is 9.05. The van der Waals surface area contributed by atoms with Gasteiger partial charge in [-0.05, 0) is 18.2 Å². The summed E-state index contributed by atoms with van der Waals surface area (Å²) in [6.07, 6.45) is 2.01. The van der Waals surface area contributed by atoms with Crippen LogP contribution in [0.15, 0.2) is 30.6 Å². The highest BCUT2D eigenvalue weighted by Gasteiger charge is 2.05. The van der Waals surface area contributed by atoms with E-state index in [0.29, 0.717) is 18.5 Å². The molecule has 0 atom stereocenters. The molecular weight excluding hydrogens is 220 g/mol. The maximum atomic E-state index is 11.7. The number of nitrogens with one attached hydrogen (secondary N) is 2. The van der Waals surface area contributed by atoms with Gasteiger partial charge in [-0.15, -0.1) is 0 Å². The Kier molecular flexibility index (Phi) is 3.34. The molecule has 0 spiro atoms. The van der Waals surface area contributed by atoms with Gasteiger partial charge < -0.3 is 10.4 Å². The van der Waals surface area contributed by atoms with Crippen molar-refractivity contribution in [3.05, 3.63) is 42.0 Å². The number of carbonyl (C=O) groups is 1. The first-order chi connectivity index (χ1) is 8.25. The van der Waals surface area contributed by atoms with E-state index in [4.69, 9.17) is 0 Å². The zero-order valence-corrected chi connectivity index (χ0v) is 9.05. The molecule has 6 nitrogen and oxygen atoms in total. The standard InChI is InChI=1S/C11H12N4O2/c16-9-3-1-2-8(6-9)11(17)12-5-4-10-13-7-14-15-10/h1-3,6-7,16H,4-5H2,(H,12,17)(H,13,14,15). The summed E-state index contributed by atoms with van der Waals surface area (Å²) in [7, 11) is 0. The number of phenolic OH excluding ortho intramolecular Hbond substituents is 1. The van der Waals surface area contributed by atoms with Crippen LogP contribution in [-0.2, 0) is 6.42 Å². The highest BCUT2D eigenvalue weighted by Crippen LogP contribution is 2.10. The number of carbonyl (C=O) groups excluding carboxylic acids is 1. The molecule has 0 aliphatic rings. The third kappa shape index (κ3) is 3.04. The number of amides is 1. The van der Waals surface area contributed by atoms with E-state index in [2.05, 4.69) is 20.5 Å². The highest BCUT2D eigenvalue weighted by atomic mass is 16.3. The van der Waals surface area contributed by atoms with Gasteiger partial charge in [0.05, 0.1) is 0 Å². The maximum Gasteiger partial charge on any atom is 0.251 e. The van der Waals surface area contributed by atoms with Gasteiger partial charge in [-0.25, -0.2) is 4.98 Å². The van der Waals surface area contributed by atoms with Crippen LogP contribution in [0.5, 0.6) is 5.75 Å². The van der Waals surface area contributed by atoms with Crippen molar-refractivity contribution in [3.8, 4) is 5.75 Å². The van der Waals surface area contributed by atoms with Gasteiger partial charge >= 0.3 is 0 Å². The van der Waals surface area contributed by atoms with E-state index in [9.17, 15) is 9.90 Å². The Hall–Kier alpha value is -2.37. The summed E-state index contributed by atoms with van der Waals surface area (Å²) in [5, 5.41) is 18.4. The molecule has 0 aliphatic heterocycles. The second kappa shape index (κ2) is 5.11. The van der Waals surface area contributed by atoms with Gasteiger partial charge in [0.25, 0.3) is 5.91 Å². The van der Waals surface area contributed by atoms with E-state index in [0.717, 1.165) is 5.82 Å². The first-order valence-corrected chi connectivity index (χ1v) is 5.17. The number of benzene rings is 1. The molecule has 1 amide bonds. The highest BCUT2D eigenvalue weighted by molar-refractivity contribution is 5.94. The lowest BCUT2D eigenvalue weighted by molar-refractivity contribution is 0.0953. The number of phenols is 1. The molecule has 6 heteroatoms. The first kappa shape index (κ1) is 11.1. The van der Waals surface area contributed by atoms with Crippen molar-refractivity contribution in [1.82, 2.24) is 20.5 Å². The average Bonchev–Trinajstić information content (AvgIpc) is 2.82. The lowest BCUT2D eigenvalue weighted by Gasteiger charge is -2.04. The van der Waals surface area contributed by atoms with E-state index in [1.807, 2.05) is 0 Å². The summed E-state index contributed by atoms with van der Waals surface area (Å²) in [4.78, 5) is 15.6. The molecule has 1 aromatic heterocycles. The van der Waals surface area contributed by atoms with Crippen LogP contribution in [0.2, 0.25) is 0 Å². The van der Waals surface area contributed by atoms with Gasteiger partial charge in [-0.2, -0.15) is 5.10 Å². The summed E-state index contributed by atoms with van der Waals surface area (Å²) in [6.45, 7) is 0.462. The summed E-state index contributed by atoms with van der Waals surface area (Å²) in [5.74, 6) is 0.578. The van der Waals surface area contributed by atoms with Gasteiger partial charge in [0.15, 0.2) is 0 Å². The number of rotatable bonds is 4. The Bertz CT molecular complexity index is 496. The third-order valence-electron chi connectivity index (χ3n) is 2.22. The minimum Gasteiger partial charge on any atom is -0.508 e. The molecule has 0 radical (unpaired) electrons. The van der Waals surface area contributed by atoms with Gasteiger partial charge in [0.1, 0.15) is 17.9 Å². The predicted octanol–water partition coefficient (Wildman–Crippen LogP) is 0.483. The largest absolute Gasteiger partial charge is 0.508 e. The fourth-order valence-electron chi connectivity index (χ4n) is 1.39. The second-order valence-electron chi connectivity index (χ2n) is 3.49. The van der Waals surface area contributed by atoms with Crippen LogP contribution < -0.4 is 5.32 Å². The van der Waals surface area contributed by atoms with Gasteiger partial charge in [0.2, 0.25) is 0 Å². The van der Waals surface area contributed by atoms with Crippen LogP contribution in [0.4, 0.5) is 0 Å². The fraction of sp³-hybridized carbons (Fsp3) is 0.182. The Morgan fingerprint density at radius 2 is 2.35 bits per heavy atom. The van der Waals surface area contributed by atoms with Crippen LogP contribution in [-0.4, -0.2) is 32.7 Å². The van der Waals surface area contributed by atoms with E-state index in [1.165, 1.54) is 18.5 Å². The number of aromatic nitrogens is 3. The molecule has 2 aromatic rings. The Morgan fingerprint density at radius 1 is 1.47 bits per heavy atom. The molecule has 0 saturated carbocycles. The lowest BCUT2D eigenvalue weighted by atomic mass is 10.2. The SMILES string of the molecule is O=C(NCCc1ncn[nH]1)c1cccc(O)c1. The van der Waals surface area contributed by atoms with Gasteiger partial charge in [0, 0.05) is 18.5 Å². The van der Waals surface area contributed by atoms with Crippen molar-refractivity contribution in [1.29, 1.82) is 0 Å². The molecule has 0 aliphatic carbocycles. The molecule has 0 saturated heterocycles. The van der Waals surface area contributed by atoms with Crippen LogP contribution in [0.1, 0.15) is 16.2 Å². The molecule has 0 fully saturated rings. The summed E-state index contributed by atoms with van der Waals surface area (Å²) in [6, 6.07) is 6.21. The smallest absolute Gasteiger partial charge is 0.251 e. The monoisotopic (exact) mass is 232 g/mol. The molecular formula is C11H12N4O2. The minimum absolute atomic E-state index is 0.0767. The number of H-pyrrole nitrogens is 1. The number of aromatic hydroxyl groups is 1. The normalized spacial score (nSPS) is 10.1. The quantitative estimate of drug-likeness (QED) is 0.715. The van der Waals surface area contributed by atoms with E-state index in [1.54, 1.807) is 12.1 Å². The van der Waals surface area contributed by atoms with E-state index in [-0.39, 0.29) is 11.7 Å². The minimum atomic E-state index is -0.222. The summed E-state index contributed by atoms with van der Waals surface area (Å²) < 4.78 is 0. The molecule has 88 valence electrons. The summed E-state index contributed by atoms with van der Waals surface area (Å²) in [5.41, 5.74) is 0.433. The number of aromatic amines is 1. The van der Waals surface area contributed by atoms with E-state index >= 15 is 0 Å². The van der Waals surface area contributed by atoms with Gasteiger partial charge in [-0.1, -0.05) is 6.07 Å². The van der Waals surface area contributed by atoms with Crippen molar-refractivity contribution < 1.29 is 9.90 Å². The molecule has 0 bridgehead atoms. The molecule has 1 heterocycles. The Balaban J connectivity index is 1.85. The topological polar surface area (TPSA) is 90.9 Å². The molecule has 2 rings (SSSR count). The Morgan fingerprint density at radius 3 is 3.06 bits per heavy atom. The van der Waals surface area contributed by atoms with Crippen molar-refractivity contribution >= 4 is 5.91 Å². The van der Waals surface area contributed by atoms with Crippen molar-refractivity contribution in [2.24, 2.45) is 0 Å². The second-order valence-corrected chi connectivity index (χ2v) is 3.49. The summed E-state index contributed by atoms with van der Waals surface area (Å²) >= 11 is 0. The van der Waals surface area contributed by atoms with Crippen LogP contribution in [0.25, 0.3) is 0 Å². The van der Waals surface area contributed by atoms with E-state index < -0.39 is 0 Å². The third-order valence-corrected chi connectivity index (χ3v) is 2.22. The first-order valence-electron chi connectivity index (χ1n) is 5.17. The van der Waals surface area contributed by atoms with Crippen molar-refractivity contribution in [3.63, 3.8) is 0 Å². The molecule has 17 heavy (non-hydrogen) atoms. The van der Waals surface area contributed by atoms with Crippen LogP contribution in [0.3, 0.4) is 0 Å². The van der Waals surface area contributed by atoms with Crippen LogP contribution in [0, 0.1) is 0 Å². The fourth-order valence-corrected chi connectivity index (χ4v) is 1.39. The number of hydrogen-bond acceptors (Lipinski definition) is 4. The maximum absolute atomic E-state index is 11.7. The molecule has 0 unspecified atom stereocenters. The Labute approximate surface area is 97.7 Å². The van der Waals surface area contributed by atoms with Crippen molar-refractivity contribution in [2.75, 3.05) is 6.54 Å². The molecule has 3 N–H and O–H groups in total. The zero-order chi connectivity index (χ0) is 12.1. The van der Waals surface area contributed by atoms with Gasteiger partial charge in [-0.3, -0.25) is 9.89 Å². The lowest BCUT2D eigenvalue weighted by Crippen LogP contribution is -2.25. The average molecular weight is 232 g/mol. The van der Waals surface area contributed by atoms with Crippen LogP contribution >= 0.6 is 0 Å². The predicted molar refractivity (Wildman–Crippen MR) is 60.5 cm³/mol.